The van der Waals surface area contributed by atoms with Gasteiger partial charge in [0, 0.05) is 5.02 Å². The molecule has 0 atom stereocenters. The molecule has 2 aromatic rings. The van der Waals surface area contributed by atoms with Crippen molar-refractivity contribution in [2.75, 3.05) is 18.1 Å². The van der Waals surface area contributed by atoms with Crippen molar-refractivity contribution in [1.29, 1.82) is 0 Å². The predicted molar refractivity (Wildman–Crippen MR) is 104 cm³/mol. The number of nitrogens with zero attached hydrogens (tertiary/aromatic N) is 1. The van der Waals surface area contributed by atoms with Gasteiger partial charge in [-0.05, 0) is 48.9 Å². The Kier molecular flexibility index (Phi) is 6.04. The minimum Gasteiger partial charge on any atom is -0.546 e. The van der Waals surface area contributed by atoms with Crippen LogP contribution in [0.2, 0.25) is 5.02 Å². The lowest BCUT2D eigenvalue weighted by atomic mass is 10.1. The van der Waals surface area contributed by atoms with Crippen LogP contribution in [0.15, 0.2) is 48.2 Å². The number of hydrogen-bond acceptors (Lipinski definition) is 6. The van der Waals surface area contributed by atoms with Crippen LogP contribution < -0.4 is 24.8 Å². The smallest absolute Gasteiger partial charge is 0.333 e. The molecule has 0 bridgehead atoms. The number of anilines is 1. The van der Waals surface area contributed by atoms with E-state index >= 15 is 0 Å². The fourth-order valence-electron chi connectivity index (χ4n) is 2.69. The quantitative estimate of drug-likeness (QED) is 0.547. The summed E-state index contributed by atoms with van der Waals surface area (Å²) >= 11 is 5.94. The summed E-state index contributed by atoms with van der Waals surface area (Å²) in [5, 5.41) is 13.5. The van der Waals surface area contributed by atoms with Gasteiger partial charge in [-0.1, -0.05) is 23.7 Å². The lowest BCUT2D eigenvalue weighted by molar-refractivity contribution is -0.307. The molecule has 0 aromatic heterocycles. The number of carboxylic acid groups (broad SMARTS) is 1. The number of nitrogens with one attached hydrogen (secondary N) is 1. The number of aliphatic carboxylic acids is 1. The molecule has 29 heavy (non-hydrogen) atoms. The highest BCUT2D eigenvalue weighted by molar-refractivity contribution is 6.32. The first-order chi connectivity index (χ1) is 13.9. The van der Waals surface area contributed by atoms with Gasteiger partial charge >= 0.3 is 6.03 Å². The second-order valence-electron chi connectivity index (χ2n) is 5.91. The molecule has 1 heterocycles. The number of imide groups is 1. The van der Waals surface area contributed by atoms with Crippen molar-refractivity contribution >= 4 is 41.3 Å². The van der Waals surface area contributed by atoms with Gasteiger partial charge in [-0.2, -0.15) is 0 Å². The Hall–Kier alpha value is -3.52. The van der Waals surface area contributed by atoms with Crippen LogP contribution in [0.3, 0.4) is 0 Å². The van der Waals surface area contributed by atoms with E-state index < -0.39 is 24.5 Å². The predicted octanol–water partition coefficient (Wildman–Crippen LogP) is 1.96. The molecule has 2 aromatic carbocycles. The van der Waals surface area contributed by atoms with Crippen LogP contribution in [-0.4, -0.2) is 31.1 Å². The number of carbonyl (C=O) groups is 3. The van der Waals surface area contributed by atoms with E-state index in [1.54, 1.807) is 37.3 Å². The van der Waals surface area contributed by atoms with Gasteiger partial charge in [0.05, 0.1) is 18.3 Å². The molecule has 0 saturated carbocycles. The highest BCUT2D eigenvalue weighted by Gasteiger charge is 2.34. The molecule has 0 unspecified atom stereocenters. The third kappa shape index (κ3) is 4.67. The van der Waals surface area contributed by atoms with Gasteiger partial charge in [0.1, 0.15) is 12.3 Å². The summed E-state index contributed by atoms with van der Waals surface area (Å²) in [6.45, 7) is 1.46. The zero-order valence-electron chi connectivity index (χ0n) is 15.3. The largest absolute Gasteiger partial charge is 0.546 e. The first kappa shape index (κ1) is 20.2. The minimum absolute atomic E-state index is 0.0702. The van der Waals surface area contributed by atoms with Crippen molar-refractivity contribution in [1.82, 2.24) is 5.32 Å². The third-order valence-electron chi connectivity index (χ3n) is 3.87. The van der Waals surface area contributed by atoms with Gasteiger partial charge in [0.25, 0.3) is 5.91 Å². The Morgan fingerprint density at radius 1 is 1.17 bits per heavy atom. The molecule has 9 heteroatoms. The van der Waals surface area contributed by atoms with Gasteiger partial charge in [-0.25, -0.2) is 9.69 Å². The van der Waals surface area contributed by atoms with Crippen molar-refractivity contribution in [3.05, 3.63) is 58.7 Å². The van der Waals surface area contributed by atoms with Crippen LogP contribution in [0, 0.1) is 0 Å². The molecule has 3 rings (SSSR count). The zero-order chi connectivity index (χ0) is 21.0. The highest BCUT2D eigenvalue weighted by Crippen LogP contribution is 2.30. The van der Waals surface area contributed by atoms with E-state index in [0.717, 1.165) is 4.90 Å². The van der Waals surface area contributed by atoms with E-state index in [4.69, 9.17) is 21.1 Å². The lowest BCUT2D eigenvalue weighted by Gasteiger charge is -2.13. The van der Waals surface area contributed by atoms with Gasteiger partial charge in [-0.3, -0.25) is 4.79 Å². The monoisotopic (exact) mass is 415 g/mol. The van der Waals surface area contributed by atoms with Crippen molar-refractivity contribution in [2.24, 2.45) is 0 Å². The molecule has 0 aliphatic carbocycles. The fraction of sp³-hybridized carbons (Fsp3) is 0.150. The Labute approximate surface area is 171 Å². The number of carboxylic acids is 1. The number of rotatable bonds is 7. The molecule has 0 radical (unpaired) electrons. The molecule has 1 saturated heterocycles. The topological polar surface area (TPSA) is 108 Å². The van der Waals surface area contributed by atoms with Crippen LogP contribution in [0.25, 0.3) is 6.08 Å². The summed E-state index contributed by atoms with van der Waals surface area (Å²) < 4.78 is 10.6. The zero-order valence-corrected chi connectivity index (χ0v) is 16.1. The van der Waals surface area contributed by atoms with Crippen molar-refractivity contribution in [2.45, 2.75) is 6.92 Å². The maximum Gasteiger partial charge on any atom is 0.333 e. The average Bonchev–Trinajstić information content (AvgIpc) is 2.94. The van der Waals surface area contributed by atoms with Crippen LogP contribution in [0.5, 0.6) is 11.5 Å². The number of amides is 3. The van der Waals surface area contributed by atoms with Gasteiger partial charge in [-0.15, -0.1) is 0 Å². The van der Waals surface area contributed by atoms with Crippen LogP contribution in [0.1, 0.15) is 12.5 Å². The maximum absolute atomic E-state index is 12.7. The summed E-state index contributed by atoms with van der Waals surface area (Å²) in [4.78, 5) is 36.5. The lowest BCUT2D eigenvalue weighted by Crippen LogP contribution is -2.30. The molecule has 3 amide bonds. The van der Waals surface area contributed by atoms with Crippen LogP contribution >= 0.6 is 11.6 Å². The molecule has 1 fully saturated rings. The van der Waals surface area contributed by atoms with Gasteiger partial charge < -0.3 is 24.7 Å². The second kappa shape index (κ2) is 8.66. The van der Waals surface area contributed by atoms with E-state index in [9.17, 15) is 19.5 Å². The number of ether oxygens (including phenoxy) is 2. The fourth-order valence-corrected chi connectivity index (χ4v) is 2.87. The number of urea groups is 1. The van der Waals surface area contributed by atoms with Crippen LogP contribution in [0.4, 0.5) is 10.5 Å². The SMILES string of the molecule is CCOc1cc(/C=C2/NC(=O)N(c3cccc(Cl)c3)C2=O)ccc1OCC(=O)[O-]. The minimum atomic E-state index is -1.36. The highest BCUT2D eigenvalue weighted by atomic mass is 35.5. The molecule has 0 spiro atoms. The first-order valence-electron chi connectivity index (χ1n) is 8.61. The molecular weight excluding hydrogens is 400 g/mol. The van der Waals surface area contributed by atoms with E-state index in [1.165, 1.54) is 18.2 Å². The van der Waals surface area contributed by atoms with Crippen molar-refractivity contribution in [3.8, 4) is 11.5 Å². The Bertz CT molecular complexity index is 1000. The standard InChI is InChI=1S/C20H17ClN2O6/c1-2-28-17-9-12(6-7-16(17)29-11-18(24)25)8-15-19(26)23(20(27)22-15)14-5-3-4-13(21)10-14/h3-10H,2,11H2,1H3,(H,22,27)(H,24,25)/p-1/b15-8+. The van der Waals surface area contributed by atoms with Gasteiger partial charge in [0.2, 0.25) is 0 Å². The molecule has 1 N–H and O–H groups in total. The normalized spacial score (nSPS) is 14.8. The summed E-state index contributed by atoms with van der Waals surface area (Å²) in [7, 11) is 0. The number of benzene rings is 2. The Morgan fingerprint density at radius 3 is 2.66 bits per heavy atom. The summed E-state index contributed by atoms with van der Waals surface area (Å²) in [6.07, 6.45) is 1.48. The van der Waals surface area contributed by atoms with Crippen molar-refractivity contribution in [3.63, 3.8) is 0 Å². The Balaban J connectivity index is 1.87. The summed E-state index contributed by atoms with van der Waals surface area (Å²) in [5.74, 6) is -1.38. The molecule has 8 nitrogen and oxygen atoms in total. The molecule has 1 aliphatic heterocycles. The summed E-state index contributed by atoms with van der Waals surface area (Å²) in [5.41, 5.74) is 0.969. The summed E-state index contributed by atoms with van der Waals surface area (Å²) in [6, 6.07) is 10.5. The van der Waals surface area contributed by atoms with Gasteiger partial charge in [0.15, 0.2) is 11.5 Å². The van der Waals surface area contributed by atoms with Crippen molar-refractivity contribution < 1.29 is 29.0 Å². The number of halogens is 1. The number of hydrogen-bond donors (Lipinski definition) is 1. The number of carbonyl (C=O) groups excluding carboxylic acids is 3. The Morgan fingerprint density at radius 2 is 1.97 bits per heavy atom. The van der Waals surface area contributed by atoms with E-state index in [1.807, 2.05) is 0 Å². The first-order valence-corrected chi connectivity index (χ1v) is 8.99. The van der Waals surface area contributed by atoms with E-state index in [2.05, 4.69) is 5.32 Å². The van der Waals surface area contributed by atoms with E-state index in [0.29, 0.717) is 28.6 Å². The molecule has 150 valence electrons. The third-order valence-corrected chi connectivity index (χ3v) is 4.10. The average molecular weight is 416 g/mol. The maximum atomic E-state index is 12.7. The van der Waals surface area contributed by atoms with E-state index in [-0.39, 0.29) is 11.4 Å². The molecule has 1 aliphatic rings. The molecular formula is C20H16ClN2O6-. The second-order valence-corrected chi connectivity index (χ2v) is 6.34. The van der Waals surface area contributed by atoms with Crippen LogP contribution in [-0.2, 0) is 9.59 Å².